The summed E-state index contributed by atoms with van der Waals surface area (Å²) in [6.45, 7) is 10.4. The van der Waals surface area contributed by atoms with Crippen LogP contribution in [0.5, 0.6) is 0 Å². The average Bonchev–Trinajstić information content (AvgIpc) is 3.28. The lowest BCUT2D eigenvalue weighted by molar-refractivity contribution is -0.146. The second-order valence-electron chi connectivity index (χ2n) is 9.84. The quantitative estimate of drug-likeness (QED) is 0.312. The molecule has 34 heavy (non-hydrogen) atoms. The van der Waals surface area contributed by atoms with Gasteiger partial charge in [-0.2, -0.15) is 0 Å². The molecule has 0 bridgehead atoms. The number of nitrogens with zero attached hydrogens (tertiary/aromatic N) is 2. The predicted octanol–water partition coefficient (Wildman–Crippen LogP) is 1.85. The normalized spacial score (nSPS) is 21.6. The summed E-state index contributed by atoms with van der Waals surface area (Å²) >= 11 is 4.16. The molecule has 7 atom stereocenters. The Kier molecular flexibility index (Phi) is 12.9. The highest BCUT2D eigenvalue weighted by Crippen LogP contribution is 2.29. The fourth-order valence-corrected chi connectivity index (χ4v) is 5.44. The van der Waals surface area contributed by atoms with Gasteiger partial charge < -0.3 is 25.0 Å². The van der Waals surface area contributed by atoms with Crippen molar-refractivity contribution in [1.82, 2.24) is 14.5 Å². The lowest BCUT2D eigenvalue weighted by Gasteiger charge is -2.40. The van der Waals surface area contributed by atoms with Crippen molar-refractivity contribution >= 4 is 30.5 Å². The van der Waals surface area contributed by atoms with Crippen LogP contribution in [0.3, 0.4) is 0 Å². The van der Waals surface area contributed by atoms with Gasteiger partial charge in [0.25, 0.3) is 0 Å². The molecular formula is C24H46N4O5S. The Morgan fingerprint density at radius 3 is 2.24 bits per heavy atom. The number of likely N-dealkylation sites (N-methyl/N-ethyl adjacent to an activating group) is 1. The van der Waals surface area contributed by atoms with Gasteiger partial charge in [-0.15, -0.1) is 0 Å². The van der Waals surface area contributed by atoms with E-state index in [-0.39, 0.29) is 42.2 Å². The fraction of sp³-hybridized carbons (Fsp3) is 0.875. The smallest absolute Gasteiger partial charge is 0.240 e. The minimum atomic E-state index is -0.514. The van der Waals surface area contributed by atoms with Crippen molar-refractivity contribution < 1.29 is 23.9 Å². The SMILES string of the molecule is CCC(C)C(C(CC(=O)N1CCCC1C(OC)C(C)C(N)=O)OC)N(C)C(=O)C(NS)C(C)C. The summed E-state index contributed by atoms with van der Waals surface area (Å²) in [5.41, 5.74) is 5.52. The highest BCUT2D eigenvalue weighted by molar-refractivity contribution is 7.78. The molecule has 7 unspecified atom stereocenters. The maximum atomic E-state index is 13.5. The highest BCUT2D eigenvalue weighted by Gasteiger charge is 2.42. The average molecular weight is 503 g/mol. The van der Waals surface area contributed by atoms with Gasteiger partial charge in [-0.25, -0.2) is 0 Å². The highest BCUT2D eigenvalue weighted by atomic mass is 32.1. The number of carbonyl (C=O) groups excluding carboxylic acids is 3. The van der Waals surface area contributed by atoms with E-state index in [1.807, 2.05) is 13.8 Å². The molecule has 3 amide bonds. The zero-order chi connectivity index (χ0) is 26.2. The van der Waals surface area contributed by atoms with Crippen LogP contribution >= 0.6 is 12.8 Å². The first-order valence-electron chi connectivity index (χ1n) is 12.3. The summed E-state index contributed by atoms with van der Waals surface area (Å²) in [4.78, 5) is 42.0. The largest absolute Gasteiger partial charge is 0.379 e. The minimum Gasteiger partial charge on any atom is -0.379 e. The van der Waals surface area contributed by atoms with Crippen LogP contribution in [-0.2, 0) is 23.9 Å². The number of amides is 3. The summed E-state index contributed by atoms with van der Waals surface area (Å²) < 4.78 is 14.3. The van der Waals surface area contributed by atoms with Crippen LogP contribution in [0.15, 0.2) is 0 Å². The minimum absolute atomic E-state index is 0.0521. The van der Waals surface area contributed by atoms with Gasteiger partial charge in [-0.3, -0.25) is 19.1 Å². The number of ether oxygens (including phenoxy) is 2. The van der Waals surface area contributed by atoms with Gasteiger partial charge in [-0.05, 0) is 24.7 Å². The van der Waals surface area contributed by atoms with Gasteiger partial charge in [0.1, 0.15) is 0 Å². The van der Waals surface area contributed by atoms with Crippen LogP contribution in [0.1, 0.15) is 60.3 Å². The molecule has 0 aromatic carbocycles. The summed E-state index contributed by atoms with van der Waals surface area (Å²) in [6, 6.07) is -0.968. The molecule has 10 heteroatoms. The molecule has 1 aliphatic rings. The van der Waals surface area contributed by atoms with Gasteiger partial charge in [0.15, 0.2) is 0 Å². The molecule has 198 valence electrons. The van der Waals surface area contributed by atoms with Crippen LogP contribution in [0, 0.1) is 17.8 Å². The van der Waals surface area contributed by atoms with Crippen molar-refractivity contribution in [3.8, 4) is 0 Å². The number of methoxy groups -OCH3 is 2. The molecule has 9 nitrogen and oxygen atoms in total. The third-order valence-electron chi connectivity index (χ3n) is 7.37. The number of thiol groups is 1. The van der Waals surface area contributed by atoms with Gasteiger partial charge >= 0.3 is 0 Å². The standard InChI is InChI=1S/C24H46N4O5S/c1-9-15(4)21(27(6)24(31)20(26-34)14(2)3)18(32-7)13-19(29)28-12-10-11-17(28)22(33-8)16(5)23(25)30/h14-18,20-22,26,34H,9-13H2,1-8H3,(H2,25,30). The van der Waals surface area contributed by atoms with Gasteiger partial charge in [0, 0.05) is 27.8 Å². The van der Waals surface area contributed by atoms with Gasteiger partial charge in [0.05, 0.1) is 42.7 Å². The van der Waals surface area contributed by atoms with Crippen molar-refractivity contribution in [2.24, 2.45) is 23.5 Å². The Hall–Kier alpha value is -1.36. The van der Waals surface area contributed by atoms with E-state index in [0.717, 1.165) is 19.3 Å². The molecule has 0 aromatic rings. The number of nitrogens with one attached hydrogen (secondary N) is 1. The predicted molar refractivity (Wildman–Crippen MR) is 136 cm³/mol. The molecule has 1 heterocycles. The third-order valence-corrected chi connectivity index (χ3v) is 7.64. The summed E-state index contributed by atoms with van der Waals surface area (Å²) in [7, 11) is 4.89. The monoisotopic (exact) mass is 502 g/mol. The molecular weight excluding hydrogens is 456 g/mol. The van der Waals surface area contributed by atoms with Crippen LogP contribution in [0.25, 0.3) is 0 Å². The van der Waals surface area contributed by atoms with E-state index in [2.05, 4.69) is 31.4 Å². The van der Waals surface area contributed by atoms with Crippen molar-refractivity contribution in [2.75, 3.05) is 27.8 Å². The maximum Gasteiger partial charge on any atom is 0.240 e. The van der Waals surface area contributed by atoms with Gasteiger partial charge in [-0.1, -0.05) is 53.9 Å². The number of carbonyl (C=O) groups is 3. The summed E-state index contributed by atoms with van der Waals surface area (Å²) in [5.74, 6) is -0.962. The van der Waals surface area contributed by atoms with E-state index in [0.29, 0.717) is 6.54 Å². The van der Waals surface area contributed by atoms with E-state index < -0.39 is 30.1 Å². The maximum absolute atomic E-state index is 13.5. The lowest BCUT2D eigenvalue weighted by atomic mass is 9.89. The molecule has 1 fully saturated rings. The molecule has 3 N–H and O–H groups in total. The van der Waals surface area contributed by atoms with E-state index in [4.69, 9.17) is 15.2 Å². The second kappa shape index (κ2) is 14.3. The first-order chi connectivity index (χ1) is 16.0. The number of primary amides is 1. The topological polar surface area (TPSA) is 114 Å². The molecule has 0 aliphatic carbocycles. The number of rotatable bonds is 14. The Bertz CT molecular complexity index is 680. The van der Waals surface area contributed by atoms with Crippen LogP contribution < -0.4 is 10.5 Å². The molecule has 0 spiro atoms. The molecule has 1 aliphatic heterocycles. The number of hydrogen-bond acceptors (Lipinski definition) is 7. The van der Waals surface area contributed by atoms with E-state index in [1.54, 1.807) is 38.0 Å². The summed E-state index contributed by atoms with van der Waals surface area (Å²) in [6.07, 6.45) is 1.58. The molecule has 0 radical (unpaired) electrons. The van der Waals surface area contributed by atoms with E-state index >= 15 is 0 Å². The van der Waals surface area contributed by atoms with Crippen molar-refractivity contribution in [3.63, 3.8) is 0 Å². The first kappa shape index (κ1) is 30.7. The molecule has 1 rings (SSSR count). The van der Waals surface area contributed by atoms with E-state index in [9.17, 15) is 14.4 Å². The molecule has 0 saturated carbocycles. The van der Waals surface area contributed by atoms with E-state index in [1.165, 1.54) is 0 Å². The van der Waals surface area contributed by atoms with Crippen molar-refractivity contribution in [3.05, 3.63) is 0 Å². The number of nitrogens with two attached hydrogens (primary N) is 1. The third kappa shape index (κ3) is 7.32. The number of likely N-dealkylation sites (tertiary alicyclic amines) is 1. The first-order valence-corrected chi connectivity index (χ1v) is 12.7. The van der Waals surface area contributed by atoms with Crippen molar-refractivity contribution in [1.29, 1.82) is 0 Å². The number of hydrogen-bond donors (Lipinski definition) is 3. The lowest BCUT2D eigenvalue weighted by Crippen LogP contribution is -2.56. The van der Waals surface area contributed by atoms with Gasteiger partial charge in [0.2, 0.25) is 17.7 Å². The van der Waals surface area contributed by atoms with Crippen LogP contribution in [-0.4, -0.2) is 85.7 Å². The molecule has 0 aromatic heterocycles. The van der Waals surface area contributed by atoms with Crippen LogP contribution in [0.2, 0.25) is 0 Å². The Balaban J connectivity index is 3.14. The zero-order valence-corrected chi connectivity index (χ0v) is 23.0. The molecule has 1 saturated heterocycles. The van der Waals surface area contributed by atoms with Crippen LogP contribution in [0.4, 0.5) is 0 Å². The summed E-state index contributed by atoms with van der Waals surface area (Å²) in [5, 5.41) is 0. The Morgan fingerprint density at radius 1 is 1.18 bits per heavy atom. The Morgan fingerprint density at radius 2 is 1.79 bits per heavy atom. The van der Waals surface area contributed by atoms with Crippen molar-refractivity contribution in [2.45, 2.75) is 90.6 Å². The Labute approximate surface area is 211 Å². The zero-order valence-electron chi connectivity index (χ0n) is 22.1. The second-order valence-corrected chi connectivity index (χ2v) is 10.1. The fourth-order valence-electron chi connectivity index (χ4n) is 5.03.